The Kier molecular flexibility index (Phi) is 11.8. The molecule has 0 spiro atoms. The molecule has 2 amide bonds. The zero-order valence-corrected chi connectivity index (χ0v) is 28.7. The Morgan fingerprint density at radius 3 is 2.25 bits per heavy atom. The molecular formula is C41H43N3O7. The molecule has 2 bridgehead atoms. The van der Waals surface area contributed by atoms with Crippen LogP contribution in [0.2, 0.25) is 0 Å². The Hall–Kier alpha value is -5.48. The molecule has 0 radical (unpaired) electrons. The average molecular weight is 690 g/mol. The van der Waals surface area contributed by atoms with Gasteiger partial charge in [0.25, 0.3) is 5.91 Å². The Labute approximate surface area is 298 Å². The largest absolute Gasteiger partial charge is 0.489 e. The zero-order valence-electron chi connectivity index (χ0n) is 28.7. The number of amides is 2. The highest BCUT2D eigenvalue weighted by atomic mass is 16.6. The maximum Gasteiger partial charge on any atom is 0.408 e. The van der Waals surface area contributed by atoms with Crippen LogP contribution in [0.4, 0.5) is 4.79 Å². The number of nitrogens with zero attached hydrogens (tertiary/aromatic N) is 2. The molecule has 4 aromatic rings. The molecule has 2 atom stereocenters. The highest BCUT2D eigenvalue weighted by molar-refractivity contribution is 5.95. The number of aldehydes is 1. The third kappa shape index (κ3) is 9.20. The number of carbonyl (C=O) groups excluding carboxylic acids is 4. The van der Waals surface area contributed by atoms with E-state index in [-0.39, 0.29) is 31.8 Å². The van der Waals surface area contributed by atoms with Crippen molar-refractivity contribution in [2.45, 2.75) is 38.5 Å². The summed E-state index contributed by atoms with van der Waals surface area (Å²) in [5.41, 5.74) is 4.00. The van der Waals surface area contributed by atoms with Gasteiger partial charge in [-0.15, -0.1) is 0 Å². The van der Waals surface area contributed by atoms with Crippen molar-refractivity contribution in [3.8, 4) is 5.75 Å². The number of hydrogen-bond donors (Lipinski definition) is 1. The van der Waals surface area contributed by atoms with Gasteiger partial charge in [0.2, 0.25) is 0 Å². The van der Waals surface area contributed by atoms with Gasteiger partial charge in [-0.2, -0.15) is 0 Å². The average Bonchev–Trinajstić information content (AvgIpc) is 3.18. The summed E-state index contributed by atoms with van der Waals surface area (Å²) in [5, 5.41) is 3.11. The SMILES string of the molecule is CCN(CCOC(=O)c1ccc(COc2cccc([C@@H](NC(=O)OC3CN4CCC3CC4)c3ccccc3)c2)cc1)C(=O)c1ccc(C=O)cc1. The molecule has 0 aliphatic carbocycles. The number of rotatable bonds is 14. The fourth-order valence-corrected chi connectivity index (χ4v) is 6.65. The zero-order chi connectivity index (χ0) is 35.6. The van der Waals surface area contributed by atoms with E-state index < -0.39 is 18.1 Å². The van der Waals surface area contributed by atoms with Gasteiger partial charge in [0, 0.05) is 24.2 Å². The minimum Gasteiger partial charge on any atom is -0.489 e. The minimum atomic E-state index is -0.486. The Morgan fingerprint density at radius 1 is 0.882 bits per heavy atom. The van der Waals surface area contributed by atoms with Crippen LogP contribution in [-0.2, 0) is 16.1 Å². The van der Waals surface area contributed by atoms with Gasteiger partial charge in [0.15, 0.2) is 0 Å². The molecular weight excluding hydrogens is 646 g/mol. The number of likely N-dealkylation sites (N-methyl/N-ethyl adjacent to an activating group) is 1. The number of esters is 1. The molecule has 4 aromatic carbocycles. The van der Waals surface area contributed by atoms with Crippen molar-refractivity contribution in [3.05, 3.63) is 137 Å². The Bertz CT molecular complexity index is 1790. The van der Waals surface area contributed by atoms with Crippen LogP contribution in [0.1, 0.15) is 73.6 Å². The number of hydrogen-bond acceptors (Lipinski definition) is 8. The Morgan fingerprint density at radius 2 is 1.59 bits per heavy atom. The van der Waals surface area contributed by atoms with E-state index in [0.717, 1.165) is 55.5 Å². The monoisotopic (exact) mass is 689 g/mol. The lowest BCUT2D eigenvalue weighted by Gasteiger charge is -2.43. The van der Waals surface area contributed by atoms with E-state index in [4.69, 9.17) is 14.2 Å². The van der Waals surface area contributed by atoms with Gasteiger partial charge in [0.05, 0.1) is 18.2 Å². The van der Waals surface area contributed by atoms with Gasteiger partial charge in [-0.1, -0.05) is 66.7 Å². The van der Waals surface area contributed by atoms with Crippen LogP contribution in [-0.4, -0.2) is 79.5 Å². The molecule has 3 aliphatic rings. The van der Waals surface area contributed by atoms with Crippen LogP contribution in [0.3, 0.4) is 0 Å². The molecule has 1 unspecified atom stereocenters. The van der Waals surface area contributed by atoms with Crippen LogP contribution in [0.15, 0.2) is 103 Å². The van der Waals surface area contributed by atoms with Crippen LogP contribution in [0, 0.1) is 5.92 Å². The fourth-order valence-electron chi connectivity index (χ4n) is 6.65. The first-order valence-electron chi connectivity index (χ1n) is 17.5. The van der Waals surface area contributed by atoms with Gasteiger partial charge in [0.1, 0.15) is 31.4 Å². The molecule has 0 aromatic heterocycles. The first-order chi connectivity index (χ1) is 24.9. The van der Waals surface area contributed by atoms with Crippen molar-refractivity contribution in [1.29, 1.82) is 0 Å². The van der Waals surface area contributed by atoms with Gasteiger partial charge in [-0.3, -0.25) is 14.5 Å². The summed E-state index contributed by atoms with van der Waals surface area (Å²) in [4.78, 5) is 53.6. The van der Waals surface area contributed by atoms with Crippen molar-refractivity contribution in [2.24, 2.45) is 5.92 Å². The number of benzene rings is 4. The van der Waals surface area contributed by atoms with Crippen molar-refractivity contribution in [2.75, 3.05) is 39.3 Å². The minimum absolute atomic E-state index is 0.0439. The molecule has 7 rings (SSSR count). The van der Waals surface area contributed by atoms with E-state index in [2.05, 4.69) is 10.2 Å². The Balaban J connectivity index is 1.01. The highest BCUT2D eigenvalue weighted by Gasteiger charge is 2.37. The smallest absolute Gasteiger partial charge is 0.408 e. The second kappa shape index (κ2) is 17.0. The number of piperidine rings is 3. The van der Waals surface area contributed by atoms with E-state index in [0.29, 0.717) is 34.9 Å². The predicted octanol–water partition coefficient (Wildman–Crippen LogP) is 6.31. The summed E-state index contributed by atoms with van der Waals surface area (Å²) in [5.74, 6) is 0.372. The second-order valence-electron chi connectivity index (χ2n) is 12.9. The van der Waals surface area contributed by atoms with Crippen molar-refractivity contribution < 1.29 is 33.4 Å². The predicted molar refractivity (Wildman–Crippen MR) is 192 cm³/mol. The number of nitrogens with one attached hydrogen (secondary N) is 1. The maximum absolute atomic E-state index is 13.2. The maximum atomic E-state index is 13.2. The number of fused-ring (bicyclic) bond motifs is 3. The van der Waals surface area contributed by atoms with Crippen LogP contribution >= 0.6 is 0 Å². The van der Waals surface area contributed by atoms with Crippen LogP contribution < -0.4 is 10.1 Å². The van der Waals surface area contributed by atoms with E-state index in [9.17, 15) is 19.2 Å². The molecule has 10 heteroatoms. The number of ether oxygens (including phenoxy) is 3. The molecule has 51 heavy (non-hydrogen) atoms. The first-order valence-corrected chi connectivity index (χ1v) is 17.5. The highest BCUT2D eigenvalue weighted by Crippen LogP contribution is 2.31. The molecule has 1 N–H and O–H groups in total. The van der Waals surface area contributed by atoms with E-state index in [1.807, 2.05) is 73.7 Å². The summed E-state index contributed by atoms with van der Waals surface area (Å²) >= 11 is 0. The normalized spacial score (nSPS) is 18.3. The summed E-state index contributed by atoms with van der Waals surface area (Å²) in [7, 11) is 0. The molecule has 3 saturated heterocycles. The summed E-state index contributed by atoms with van der Waals surface area (Å²) < 4.78 is 17.5. The van der Waals surface area contributed by atoms with Crippen molar-refractivity contribution in [1.82, 2.24) is 15.1 Å². The lowest BCUT2D eigenvalue weighted by molar-refractivity contribution is -0.0336. The van der Waals surface area contributed by atoms with E-state index in [1.54, 1.807) is 41.3 Å². The van der Waals surface area contributed by atoms with Crippen LogP contribution in [0.25, 0.3) is 0 Å². The topological polar surface area (TPSA) is 114 Å². The lowest BCUT2D eigenvalue weighted by Crippen LogP contribution is -2.52. The quantitative estimate of drug-likeness (QED) is 0.121. The molecule has 264 valence electrons. The molecule has 10 nitrogen and oxygen atoms in total. The molecule has 3 fully saturated rings. The standard InChI is InChI=1S/C41H43N3O7/c1-2-44(39(46)33-15-11-29(27-45)12-16-33)23-24-49-40(47)34-17-13-30(14-18-34)28-50-36-10-6-9-35(25-36)38(32-7-4-3-5-8-32)42-41(48)51-37-26-43-21-19-31(37)20-22-43/h3-18,25,27,31,37-38H,2,19-24,26,28H2,1H3,(H,42,48)/t37?,38-/m0/s1. The first kappa shape index (κ1) is 35.3. The van der Waals surface area contributed by atoms with Crippen LogP contribution in [0.5, 0.6) is 5.75 Å². The van der Waals surface area contributed by atoms with Gasteiger partial charge in [-0.05, 0) is 91.9 Å². The second-order valence-corrected chi connectivity index (χ2v) is 12.9. The number of carbonyl (C=O) groups is 4. The van der Waals surface area contributed by atoms with Gasteiger partial charge in [-0.25, -0.2) is 9.59 Å². The summed E-state index contributed by atoms with van der Waals surface area (Å²) in [6.45, 7) is 5.79. The van der Waals surface area contributed by atoms with Crippen molar-refractivity contribution in [3.63, 3.8) is 0 Å². The fraction of sp³-hybridized carbons (Fsp3) is 0.317. The lowest BCUT2D eigenvalue weighted by atomic mass is 9.86. The summed E-state index contributed by atoms with van der Waals surface area (Å²) in [6.07, 6.45) is 2.34. The van der Waals surface area contributed by atoms with E-state index in [1.165, 1.54) is 0 Å². The van der Waals surface area contributed by atoms with Crippen molar-refractivity contribution >= 4 is 24.3 Å². The molecule has 3 heterocycles. The number of alkyl carbamates (subject to hydrolysis) is 1. The molecule has 3 aliphatic heterocycles. The third-order valence-corrected chi connectivity index (χ3v) is 9.59. The third-order valence-electron chi connectivity index (χ3n) is 9.59. The summed E-state index contributed by atoms with van der Waals surface area (Å²) in [6, 6.07) is 30.4. The molecule has 0 saturated carbocycles. The van der Waals surface area contributed by atoms with Gasteiger partial charge >= 0.3 is 12.1 Å². The van der Waals surface area contributed by atoms with Gasteiger partial charge < -0.3 is 24.4 Å². The van der Waals surface area contributed by atoms with E-state index >= 15 is 0 Å².